The highest BCUT2D eigenvalue weighted by Crippen LogP contribution is 2.23. The summed E-state index contributed by atoms with van der Waals surface area (Å²) in [4.78, 5) is 4.07. The topological polar surface area (TPSA) is 63.5 Å². The minimum absolute atomic E-state index is 0.00922. The Balaban J connectivity index is 1.51. The lowest BCUT2D eigenvalue weighted by Crippen LogP contribution is -2.38. The molecule has 9 heteroatoms. The third kappa shape index (κ3) is 5.76. The van der Waals surface area contributed by atoms with Crippen LogP contribution in [-0.4, -0.2) is 35.9 Å². The number of guanidine groups is 1. The molecule has 0 aliphatic rings. The Labute approximate surface area is 172 Å². The van der Waals surface area contributed by atoms with E-state index in [1.54, 1.807) is 17.9 Å². The van der Waals surface area contributed by atoms with Gasteiger partial charge < -0.3 is 15.4 Å². The molecule has 0 spiro atoms. The van der Waals surface area contributed by atoms with Crippen LogP contribution in [0.5, 0.6) is 5.75 Å². The molecular formula is C21H22F3N5O. The average molecular weight is 417 g/mol. The summed E-state index contributed by atoms with van der Waals surface area (Å²) >= 11 is 0. The summed E-state index contributed by atoms with van der Waals surface area (Å²) in [7, 11) is 1.58. The number of hydrogen-bond donors (Lipinski definition) is 2. The SMILES string of the molecule is CN=C(NCCc1ccc(-n2cccn2)cc1)NCc1c(F)cccc1OC(F)F. The fourth-order valence-corrected chi connectivity index (χ4v) is 2.87. The number of nitrogens with one attached hydrogen (secondary N) is 2. The molecule has 6 nitrogen and oxygen atoms in total. The Kier molecular flexibility index (Phi) is 7.31. The fraction of sp³-hybridized carbons (Fsp3) is 0.238. The monoisotopic (exact) mass is 417 g/mol. The molecule has 1 aromatic heterocycles. The highest BCUT2D eigenvalue weighted by molar-refractivity contribution is 5.79. The highest BCUT2D eigenvalue weighted by atomic mass is 19.3. The molecule has 158 valence electrons. The number of aromatic nitrogens is 2. The molecule has 0 atom stereocenters. The van der Waals surface area contributed by atoms with E-state index in [1.807, 2.05) is 36.5 Å². The first kappa shape index (κ1) is 21.2. The van der Waals surface area contributed by atoms with Crippen LogP contribution in [-0.2, 0) is 13.0 Å². The lowest BCUT2D eigenvalue weighted by Gasteiger charge is -2.15. The quantitative estimate of drug-likeness (QED) is 0.435. The van der Waals surface area contributed by atoms with Gasteiger partial charge in [0.1, 0.15) is 11.6 Å². The van der Waals surface area contributed by atoms with Crippen molar-refractivity contribution in [2.24, 2.45) is 4.99 Å². The van der Waals surface area contributed by atoms with E-state index in [2.05, 4.69) is 25.5 Å². The van der Waals surface area contributed by atoms with Crippen molar-refractivity contribution >= 4 is 5.96 Å². The van der Waals surface area contributed by atoms with Gasteiger partial charge in [0.25, 0.3) is 0 Å². The van der Waals surface area contributed by atoms with E-state index < -0.39 is 12.4 Å². The molecule has 0 radical (unpaired) electrons. The van der Waals surface area contributed by atoms with E-state index in [4.69, 9.17) is 0 Å². The molecule has 0 fully saturated rings. The average Bonchev–Trinajstić information content (AvgIpc) is 3.27. The molecule has 2 aromatic carbocycles. The van der Waals surface area contributed by atoms with Gasteiger partial charge in [0, 0.05) is 38.1 Å². The maximum absolute atomic E-state index is 14.0. The molecule has 0 aliphatic heterocycles. The van der Waals surface area contributed by atoms with E-state index in [9.17, 15) is 13.2 Å². The van der Waals surface area contributed by atoms with Crippen LogP contribution >= 0.6 is 0 Å². The van der Waals surface area contributed by atoms with Crippen LogP contribution in [0.3, 0.4) is 0 Å². The van der Waals surface area contributed by atoms with Gasteiger partial charge in [0.15, 0.2) is 5.96 Å². The maximum Gasteiger partial charge on any atom is 0.387 e. The van der Waals surface area contributed by atoms with Crippen LogP contribution in [0.2, 0.25) is 0 Å². The van der Waals surface area contributed by atoms with Crippen molar-refractivity contribution in [2.45, 2.75) is 19.6 Å². The van der Waals surface area contributed by atoms with Gasteiger partial charge >= 0.3 is 6.61 Å². The molecule has 30 heavy (non-hydrogen) atoms. The Morgan fingerprint density at radius 1 is 1.13 bits per heavy atom. The van der Waals surface area contributed by atoms with E-state index >= 15 is 0 Å². The van der Waals surface area contributed by atoms with Gasteiger partial charge in [-0.2, -0.15) is 13.9 Å². The number of ether oxygens (including phenoxy) is 1. The van der Waals surface area contributed by atoms with Crippen molar-refractivity contribution in [1.29, 1.82) is 0 Å². The molecule has 0 unspecified atom stereocenters. The molecule has 3 rings (SSSR count). The van der Waals surface area contributed by atoms with E-state index in [-0.39, 0.29) is 17.9 Å². The lowest BCUT2D eigenvalue weighted by molar-refractivity contribution is -0.0506. The summed E-state index contributed by atoms with van der Waals surface area (Å²) in [5, 5.41) is 10.2. The van der Waals surface area contributed by atoms with Gasteiger partial charge in [0.05, 0.1) is 5.69 Å². The van der Waals surface area contributed by atoms with Crippen LogP contribution in [0.25, 0.3) is 5.69 Å². The molecule has 2 N–H and O–H groups in total. The van der Waals surface area contributed by atoms with E-state index in [0.29, 0.717) is 12.5 Å². The van der Waals surface area contributed by atoms with Crippen LogP contribution in [0, 0.1) is 5.82 Å². The van der Waals surface area contributed by atoms with Crippen molar-refractivity contribution < 1.29 is 17.9 Å². The summed E-state index contributed by atoms with van der Waals surface area (Å²) < 4.78 is 45.2. The smallest absolute Gasteiger partial charge is 0.387 e. The van der Waals surface area contributed by atoms with Gasteiger partial charge in [-0.3, -0.25) is 4.99 Å². The Morgan fingerprint density at radius 2 is 1.93 bits per heavy atom. The second-order valence-corrected chi connectivity index (χ2v) is 6.31. The molecular weight excluding hydrogens is 395 g/mol. The van der Waals surface area contributed by atoms with Gasteiger partial charge in [0.2, 0.25) is 0 Å². The number of hydrogen-bond acceptors (Lipinski definition) is 3. The van der Waals surface area contributed by atoms with Crippen LogP contribution in [0.1, 0.15) is 11.1 Å². The van der Waals surface area contributed by atoms with Crippen molar-refractivity contribution in [3.63, 3.8) is 0 Å². The molecule has 3 aromatic rings. The molecule has 0 aliphatic carbocycles. The standard InChI is InChI=1S/C21H22F3N5O/c1-25-21(27-14-17-18(22)4-2-5-19(17)30-20(23)24)26-12-10-15-6-8-16(9-7-15)29-13-3-11-28-29/h2-9,11,13,20H,10,12,14H2,1H3,(H2,25,26,27). The minimum atomic E-state index is -3.03. The maximum atomic E-state index is 14.0. The third-order valence-corrected chi connectivity index (χ3v) is 4.36. The normalized spacial score (nSPS) is 11.6. The summed E-state index contributed by atoms with van der Waals surface area (Å²) in [5.74, 6) is -0.409. The predicted octanol–water partition coefficient (Wildman–Crippen LogP) is 3.52. The second kappa shape index (κ2) is 10.3. The summed E-state index contributed by atoms with van der Waals surface area (Å²) in [5.41, 5.74) is 2.10. The van der Waals surface area contributed by atoms with Gasteiger partial charge in [-0.15, -0.1) is 0 Å². The highest BCUT2D eigenvalue weighted by Gasteiger charge is 2.14. The van der Waals surface area contributed by atoms with Gasteiger partial charge in [-0.05, 0) is 42.3 Å². The number of halogens is 3. The number of rotatable bonds is 8. The summed E-state index contributed by atoms with van der Waals surface area (Å²) in [6, 6.07) is 13.7. The van der Waals surface area contributed by atoms with Crippen molar-refractivity contribution in [2.75, 3.05) is 13.6 Å². The number of aliphatic imine (C=N–C) groups is 1. The fourth-order valence-electron chi connectivity index (χ4n) is 2.87. The van der Waals surface area contributed by atoms with Crippen LogP contribution in [0.15, 0.2) is 65.9 Å². The largest absolute Gasteiger partial charge is 0.434 e. The first-order valence-corrected chi connectivity index (χ1v) is 9.32. The molecule has 0 bridgehead atoms. The van der Waals surface area contributed by atoms with Crippen molar-refractivity contribution in [1.82, 2.24) is 20.4 Å². The Bertz CT molecular complexity index is 959. The molecule has 0 saturated carbocycles. The Hall–Kier alpha value is -3.49. The zero-order chi connectivity index (χ0) is 21.3. The van der Waals surface area contributed by atoms with E-state index in [0.717, 1.165) is 17.7 Å². The number of alkyl halides is 2. The predicted molar refractivity (Wildman–Crippen MR) is 109 cm³/mol. The van der Waals surface area contributed by atoms with Crippen molar-refractivity contribution in [3.8, 4) is 11.4 Å². The van der Waals surface area contributed by atoms with Crippen molar-refractivity contribution in [3.05, 3.63) is 77.9 Å². The van der Waals surface area contributed by atoms with Crippen LogP contribution in [0.4, 0.5) is 13.2 Å². The number of nitrogens with zero attached hydrogens (tertiary/aromatic N) is 3. The zero-order valence-corrected chi connectivity index (χ0v) is 16.4. The first-order valence-electron chi connectivity index (χ1n) is 9.32. The minimum Gasteiger partial charge on any atom is -0.434 e. The summed E-state index contributed by atoms with van der Waals surface area (Å²) in [6.45, 7) is -2.49. The third-order valence-electron chi connectivity index (χ3n) is 4.36. The first-order chi connectivity index (χ1) is 14.6. The lowest BCUT2D eigenvalue weighted by atomic mass is 10.1. The molecule has 0 saturated heterocycles. The molecule has 0 amide bonds. The van der Waals surface area contributed by atoms with Gasteiger partial charge in [-0.25, -0.2) is 9.07 Å². The number of benzene rings is 2. The van der Waals surface area contributed by atoms with Gasteiger partial charge in [-0.1, -0.05) is 18.2 Å². The second-order valence-electron chi connectivity index (χ2n) is 6.31. The van der Waals surface area contributed by atoms with E-state index in [1.165, 1.54) is 18.2 Å². The summed E-state index contributed by atoms with van der Waals surface area (Å²) in [6.07, 6.45) is 4.33. The zero-order valence-electron chi connectivity index (χ0n) is 16.4. The van der Waals surface area contributed by atoms with Crippen LogP contribution < -0.4 is 15.4 Å². The Morgan fingerprint density at radius 3 is 2.60 bits per heavy atom. The molecule has 1 heterocycles.